The van der Waals surface area contributed by atoms with Gasteiger partial charge in [0.2, 0.25) is 0 Å². The molecule has 1 N–H and O–H groups in total. The van der Waals surface area contributed by atoms with Gasteiger partial charge in [-0.15, -0.1) is 0 Å². The molecule has 1 amide bonds. The van der Waals surface area contributed by atoms with E-state index < -0.39 is 0 Å². The number of carbonyl (C=O) groups excluding carboxylic acids is 1. The molecule has 2 aromatic heterocycles. The highest BCUT2D eigenvalue weighted by molar-refractivity contribution is 5.97. The van der Waals surface area contributed by atoms with Gasteiger partial charge >= 0.3 is 0 Å². The normalized spacial score (nSPS) is 12.5. The standard InChI is InChI=1S/C20H24N4O/c1-4-8-18(15-9-6-5-7-10-15)23-20(25)17-11-16-13-22-24(14(2)3)19(16)21-12-17/h5-7,9-14,18H,4,8H2,1-3H3,(H,23,25)/t18-/m0/s1. The number of aromatic nitrogens is 3. The zero-order valence-electron chi connectivity index (χ0n) is 14.9. The highest BCUT2D eigenvalue weighted by Crippen LogP contribution is 2.20. The topological polar surface area (TPSA) is 59.8 Å². The summed E-state index contributed by atoms with van der Waals surface area (Å²) in [6.07, 6.45) is 5.29. The fourth-order valence-corrected chi connectivity index (χ4v) is 2.98. The van der Waals surface area contributed by atoms with Crippen molar-refractivity contribution in [3.05, 3.63) is 59.9 Å². The third-order valence-corrected chi connectivity index (χ3v) is 4.27. The lowest BCUT2D eigenvalue weighted by Crippen LogP contribution is -2.28. The molecule has 3 aromatic rings. The molecule has 0 fully saturated rings. The number of rotatable bonds is 6. The molecular formula is C20H24N4O. The van der Waals surface area contributed by atoms with Crippen LogP contribution in [0.2, 0.25) is 0 Å². The van der Waals surface area contributed by atoms with Crippen molar-refractivity contribution < 1.29 is 4.79 Å². The van der Waals surface area contributed by atoms with Crippen molar-refractivity contribution in [1.82, 2.24) is 20.1 Å². The maximum absolute atomic E-state index is 12.7. The molecule has 5 heteroatoms. The van der Waals surface area contributed by atoms with Crippen molar-refractivity contribution in [2.45, 2.75) is 45.7 Å². The second-order valence-corrected chi connectivity index (χ2v) is 6.55. The van der Waals surface area contributed by atoms with Gasteiger partial charge in [0.05, 0.1) is 17.8 Å². The van der Waals surface area contributed by atoms with Gasteiger partial charge in [-0.1, -0.05) is 43.7 Å². The molecule has 0 bridgehead atoms. The molecule has 0 aliphatic rings. The first kappa shape index (κ1) is 17.1. The van der Waals surface area contributed by atoms with Crippen LogP contribution < -0.4 is 5.32 Å². The fraction of sp³-hybridized carbons (Fsp3) is 0.350. The monoisotopic (exact) mass is 336 g/mol. The van der Waals surface area contributed by atoms with Crippen LogP contribution in [0.5, 0.6) is 0 Å². The number of amides is 1. The summed E-state index contributed by atoms with van der Waals surface area (Å²) < 4.78 is 1.86. The first-order valence-electron chi connectivity index (χ1n) is 8.79. The summed E-state index contributed by atoms with van der Waals surface area (Å²) in [4.78, 5) is 17.2. The van der Waals surface area contributed by atoms with Gasteiger partial charge in [0.15, 0.2) is 5.65 Å². The zero-order valence-corrected chi connectivity index (χ0v) is 14.9. The Hall–Kier alpha value is -2.69. The number of nitrogens with one attached hydrogen (secondary N) is 1. The Kier molecular flexibility index (Phi) is 5.12. The van der Waals surface area contributed by atoms with Gasteiger partial charge in [0.25, 0.3) is 5.91 Å². The molecule has 0 saturated carbocycles. The van der Waals surface area contributed by atoms with Crippen molar-refractivity contribution in [3.8, 4) is 0 Å². The van der Waals surface area contributed by atoms with Crippen LogP contribution >= 0.6 is 0 Å². The molecule has 1 aromatic carbocycles. The Morgan fingerprint density at radius 2 is 1.96 bits per heavy atom. The van der Waals surface area contributed by atoms with Crippen LogP contribution in [0.4, 0.5) is 0 Å². The molecule has 0 aliphatic heterocycles. The SMILES string of the molecule is CCC[C@H](NC(=O)c1cnc2c(cnn2C(C)C)c1)c1ccccc1. The summed E-state index contributed by atoms with van der Waals surface area (Å²) in [6.45, 7) is 6.24. The van der Waals surface area contributed by atoms with Crippen molar-refractivity contribution in [3.63, 3.8) is 0 Å². The van der Waals surface area contributed by atoms with Crippen LogP contribution in [-0.4, -0.2) is 20.7 Å². The minimum absolute atomic E-state index is 0.00721. The van der Waals surface area contributed by atoms with E-state index in [0.29, 0.717) is 5.56 Å². The second kappa shape index (κ2) is 7.47. The molecule has 130 valence electrons. The van der Waals surface area contributed by atoms with Gasteiger partial charge in [-0.05, 0) is 31.9 Å². The first-order chi connectivity index (χ1) is 12.1. The van der Waals surface area contributed by atoms with E-state index in [9.17, 15) is 4.79 Å². The lowest BCUT2D eigenvalue weighted by Gasteiger charge is -2.18. The Morgan fingerprint density at radius 1 is 1.20 bits per heavy atom. The fourth-order valence-electron chi connectivity index (χ4n) is 2.98. The Bertz CT molecular complexity index is 855. The summed E-state index contributed by atoms with van der Waals surface area (Å²) in [5, 5.41) is 8.38. The van der Waals surface area contributed by atoms with Crippen molar-refractivity contribution in [2.24, 2.45) is 0 Å². The van der Waals surface area contributed by atoms with Crippen LogP contribution in [0.15, 0.2) is 48.8 Å². The molecular weight excluding hydrogens is 312 g/mol. The van der Waals surface area contributed by atoms with E-state index >= 15 is 0 Å². The number of hydrogen-bond acceptors (Lipinski definition) is 3. The number of pyridine rings is 1. The van der Waals surface area contributed by atoms with Crippen molar-refractivity contribution in [2.75, 3.05) is 0 Å². The number of benzene rings is 1. The summed E-state index contributed by atoms with van der Waals surface area (Å²) >= 11 is 0. The van der Waals surface area contributed by atoms with E-state index in [1.807, 2.05) is 28.9 Å². The van der Waals surface area contributed by atoms with E-state index in [1.165, 1.54) is 0 Å². The highest BCUT2D eigenvalue weighted by atomic mass is 16.1. The first-order valence-corrected chi connectivity index (χ1v) is 8.79. The van der Waals surface area contributed by atoms with Crippen molar-refractivity contribution in [1.29, 1.82) is 0 Å². The van der Waals surface area contributed by atoms with Crippen LogP contribution in [0, 0.1) is 0 Å². The van der Waals surface area contributed by atoms with E-state index in [4.69, 9.17) is 0 Å². The lowest BCUT2D eigenvalue weighted by atomic mass is 10.0. The summed E-state index contributed by atoms with van der Waals surface area (Å²) in [7, 11) is 0. The highest BCUT2D eigenvalue weighted by Gasteiger charge is 2.16. The third-order valence-electron chi connectivity index (χ3n) is 4.27. The van der Waals surface area contributed by atoms with Crippen LogP contribution in [0.1, 0.15) is 61.6 Å². The van der Waals surface area contributed by atoms with Gasteiger partial charge in [0.1, 0.15) is 0 Å². The predicted octanol–water partition coefficient (Wildman–Crippen LogP) is 4.28. The van der Waals surface area contributed by atoms with Crippen LogP contribution in [0.3, 0.4) is 0 Å². The number of hydrogen-bond donors (Lipinski definition) is 1. The van der Waals surface area contributed by atoms with Crippen LogP contribution in [0.25, 0.3) is 11.0 Å². The number of nitrogens with zero attached hydrogens (tertiary/aromatic N) is 3. The molecule has 2 heterocycles. The molecule has 25 heavy (non-hydrogen) atoms. The average molecular weight is 336 g/mol. The predicted molar refractivity (Wildman–Crippen MR) is 99.5 cm³/mol. The van der Waals surface area contributed by atoms with Crippen LogP contribution in [-0.2, 0) is 0 Å². The molecule has 0 unspecified atom stereocenters. The summed E-state index contributed by atoms with van der Waals surface area (Å²) in [6, 6.07) is 12.2. The third kappa shape index (κ3) is 3.71. The van der Waals surface area contributed by atoms with E-state index in [0.717, 1.165) is 29.4 Å². The Balaban J connectivity index is 1.83. The number of carbonyl (C=O) groups is 1. The second-order valence-electron chi connectivity index (χ2n) is 6.55. The molecule has 3 rings (SSSR count). The number of fused-ring (bicyclic) bond motifs is 1. The van der Waals surface area contributed by atoms with Gasteiger partial charge < -0.3 is 5.32 Å². The Morgan fingerprint density at radius 3 is 2.64 bits per heavy atom. The Labute approximate surface area is 148 Å². The zero-order chi connectivity index (χ0) is 17.8. The van der Waals surface area contributed by atoms with Gasteiger partial charge in [0, 0.05) is 17.6 Å². The van der Waals surface area contributed by atoms with Gasteiger partial charge in [-0.3, -0.25) is 4.79 Å². The lowest BCUT2D eigenvalue weighted by molar-refractivity contribution is 0.0934. The largest absolute Gasteiger partial charge is 0.345 e. The molecule has 1 atom stereocenters. The van der Waals surface area contributed by atoms with E-state index in [1.54, 1.807) is 12.4 Å². The van der Waals surface area contributed by atoms with Gasteiger partial charge in [-0.25, -0.2) is 9.67 Å². The quantitative estimate of drug-likeness (QED) is 0.731. The molecule has 0 spiro atoms. The maximum atomic E-state index is 12.7. The minimum atomic E-state index is -0.103. The molecule has 5 nitrogen and oxygen atoms in total. The minimum Gasteiger partial charge on any atom is -0.345 e. The smallest absolute Gasteiger partial charge is 0.253 e. The average Bonchev–Trinajstić information content (AvgIpc) is 3.05. The molecule has 0 aliphatic carbocycles. The summed E-state index contributed by atoms with van der Waals surface area (Å²) in [5.74, 6) is -0.103. The molecule has 0 radical (unpaired) electrons. The van der Waals surface area contributed by atoms with Crippen molar-refractivity contribution >= 4 is 16.9 Å². The van der Waals surface area contributed by atoms with E-state index in [2.05, 4.69) is 48.3 Å². The molecule has 0 saturated heterocycles. The summed E-state index contributed by atoms with van der Waals surface area (Å²) in [5.41, 5.74) is 2.49. The van der Waals surface area contributed by atoms with E-state index in [-0.39, 0.29) is 18.0 Å². The van der Waals surface area contributed by atoms with Gasteiger partial charge in [-0.2, -0.15) is 5.10 Å². The maximum Gasteiger partial charge on any atom is 0.253 e.